The molecular formula is C16H18N4S. The van der Waals surface area contributed by atoms with E-state index < -0.39 is 0 Å². The van der Waals surface area contributed by atoms with Crippen molar-refractivity contribution in [3.8, 4) is 0 Å². The van der Waals surface area contributed by atoms with Gasteiger partial charge in [0.2, 0.25) is 0 Å². The first-order valence-electron chi connectivity index (χ1n) is 7.13. The van der Waals surface area contributed by atoms with Gasteiger partial charge in [-0.15, -0.1) is 0 Å². The van der Waals surface area contributed by atoms with E-state index in [4.69, 9.17) is 17.3 Å². The van der Waals surface area contributed by atoms with E-state index in [-0.39, 0.29) is 6.04 Å². The van der Waals surface area contributed by atoms with Crippen LogP contribution < -0.4 is 5.32 Å². The number of thiocarbonyl (C=S) groups is 1. The van der Waals surface area contributed by atoms with Crippen molar-refractivity contribution in [2.24, 2.45) is 5.10 Å². The Morgan fingerprint density at radius 2 is 2.14 bits per heavy atom. The van der Waals surface area contributed by atoms with E-state index in [0.29, 0.717) is 5.11 Å². The molecule has 108 valence electrons. The normalized spacial score (nSPS) is 17.7. The zero-order valence-electron chi connectivity index (χ0n) is 11.9. The van der Waals surface area contributed by atoms with Crippen LogP contribution >= 0.6 is 12.2 Å². The van der Waals surface area contributed by atoms with Gasteiger partial charge < -0.3 is 10.3 Å². The summed E-state index contributed by atoms with van der Waals surface area (Å²) in [6.45, 7) is 2.83. The number of hydrazone groups is 1. The van der Waals surface area contributed by atoms with E-state index in [1.54, 1.807) is 0 Å². The number of hydrogen-bond acceptors (Lipinski definition) is 2. The topological polar surface area (TPSA) is 43.4 Å². The number of aromatic nitrogens is 1. The zero-order valence-corrected chi connectivity index (χ0v) is 12.7. The van der Waals surface area contributed by atoms with Crippen LogP contribution in [-0.4, -0.2) is 27.4 Å². The Morgan fingerprint density at radius 1 is 1.33 bits per heavy atom. The van der Waals surface area contributed by atoms with Gasteiger partial charge in [-0.25, -0.2) is 5.01 Å². The molecule has 0 fully saturated rings. The number of nitrogens with zero attached hydrogens (tertiary/aromatic N) is 2. The second-order valence-electron chi connectivity index (χ2n) is 4.94. The lowest BCUT2D eigenvalue weighted by molar-refractivity contribution is 0.359. The minimum absolute atomic E-state index is 0.127. The molecule has 0 saturated heterocycles. The Hall–Kier alpha value is -2.14. The molecule has 3 rings (SSSR count). The molecule has 5 heteroatoms. The number of aromatic amines is 1. The molecule has 1 aromatic heterocycles. The maximum absolute atomic E-state index is 5.46. The molecule has 0 saturated carbocycles. The van der Waals surface area contributed by atoms with Crippen molar-refractivity contribution in [2.45, 2.75) is 19.4 Å². The molecule has 0 aliphatic carbocycles. The van der Waals surface area contributed by atoms with Gasteiger partial charge in [0.25, 0.3) is 0 Å². The van der Waals surface area contributed by atoms with Crippen molar-refractivity contribution in [1.82, 2.24) is 15.3 Å². The molecule has 0 radical (unpaired) electrons. The van der Waals surface area contributed by atoms with E-state index in [1.807, 2.05) is 42.4 Å². The van der Waals surface area contributed by atoms with Crippen LogP contribution in [0.15, 0.2) is 53.8 Å². The lowest BCUT2D eigenvalue weighted by atomic mass is 10.0. The minimum Gasteiger partial charge on any atom is -0.363 e. The average Bonchev–Trinajstić information content (AvgIpc) is 3.17. The Morgan fingerprint density at radius 3 is 2.81 bits per heavy atom. The second-order valence-corrected chi connectivity index (χ2v) is 5.32. The van der Waals surface area contributed by atoms with Gasteiger partial charge in [0, 0.05) is 24.9 Å². The summed E-state index contributed by atoms with van der Waals surface area (Å²) in [6.07, 6.45) is 2.78. The Bertz CT molecular complexity index is 634. The molecule has 1 aliphatic heterocycles. The molecule has 0 spiro atoms. The van der Waals surface area contributed by atoms with Gasteiger partial charge in [-0.2, -0.15) is 5.10 Å². The largest absolute Gasteiger partial charge is 0.363 e. The third kappa shape index (κ3) is 2.83. The summed E-state index contributed by atoms with van der Waals surface area (Å²) < 4.78 is 0. The Kier molecular flexibility index (Phi) is 4.01. The predicted octanol–water partition coefficient (Wildman–Crippen LogP) is 3.06. The average molecular weight is 298 g/mol. The SMILES string of the molecule is CCNC(=S)N1N=C(c2ccccc2)CC1c1ccc[nH]1. The molecule has 0 bridgehead atoms. The minimum atomic E-state index is 0.127. The summed E-state index contributed by atoms with van der Waals surface area (Å²) in [5, 5.41) is 10.5. The first-order chi connectivity index (χ1) is 10.3. The molecule has 1 atom stereocenters. The first kappa shape index (κ1) is 13.8. The maximum atomic E-state index is 5.46. The fourth-order valence-electron chi connectivity index (χ4n) is 2.53. The summed E-state index contributed by atoms with van der Waals surface area (Å²) in [7, 11) is 0. The summed E-state index contributed by atoms with van der Waals surface area (Å²) in [5.41, 5.74) is 3.34. The highest BCUT2D eigenvalue weighted by Gasteiger charge is 2.31. The van der Waals surface area contributed by atoms with Crippen molar-refractivity contribution < 1.29 is 0 Å². The van der Waals surface area contributed by atoms with Crippen molar-refractivity contribution in [3.63, 3.8) is 0 Å². The number of H-pyrrole nitrogens is 1. The monoisotopic (exact) mass is 298 g/mol. The number of hydrogen-bond donors (Lipinski definition) is 2. The predicted molar refractivity (Wildman–Crippen MR) is 89.2 cm³/mol. The molecule has 2 heterocycles. The summed E-state index contributed by atoms with van der Waals surface area (Å²) >= 11 is 5.46. The Labute approximate surface area is 129 Å². The van der Waals surface area contributed by atoms with E-state index in [1.165, 1.54) is 0 Å². The van der Waals surface area contributed by atoms with Crippen molar-refractivity contribution in [3.05, 3.63) is 59.9 Å². The molecule has 21 heavy (non-hydrogen) atoms. The first-order valence-corrected chi connectivity index (χ1v) is 7.53. The molecule has 0 amide bonds. The Balaban J connectivity index is 1.91. The van der Waals surface area contributed by atoms with Gasteiger partial charge in [0.15, 0.2) is 5.11 Å². The van der Waals surface area contributed by atoms with Crippen LogP contribution in [0, 0.1) is 0 Å². The molecule has 1 aliphatic rings. The van der Waals surface area contributed by atoms with Crippen molar-refractivity contribution in [2.75, 3.05) is 6.54 Å². The molecule has 1 unspecified atom stereocenters. The fourth-order valence-corrected chi connectivity index (χ4v) is 2.84. The fraction of sp³-hybridized carbons (Fsp3) is 0.250. The molecular weight excluding hydrogens is 280 g/mol. The number of nitrogens with one attached hydrogen (secondary N) is 2. The molecule has 2 aromatic rings. The van der Waals surface area contributed by atoms with Gasteiger partial charge in [0.05, 0.1) is 5.71 Å². The summed E-state index contributed by atoms with van der Waals surface area (Å²) in [5.74, 6) is 0. The summed E-state index contributed by atoms with van der Waals surface area (Å²) in [4.78, 5) is 3.28. The van der Waals surface area contributed by atoms with E-state index in [0.717, 1.165) is 29.9 Å². The molecule has 1 aromatic carbocycles. The van der Waals surface area contributed by atoms with Gasteiger partial charge in [-0.3, -0.25) is 0 Å². The standard InChI is InChI=1S/C16H18N4S/c1-2-17-16(21)20-15(13-9-6-10-18-13)11-14(19-20)12-7-4-3-5-8-12/h3-10,15,18H,2,11H2,1H3,(H,17,21). The van der Waals surface area contributed by atoms with Crippen LogP contribution in [0.3, 0.4) is 0 Å². The second kappa shape index (κ2) is 6.10. The highest BCUT2D eigenvalue weighted by Crippen LogP contribution is 2.31. The van der Waals surface area contributed by atoms with Gasteiger partial charge >= 0.3 is 0 Å². The summed E-state index contributed by atoms with van der Waals surface area (Å²) in [6, 6.07) is 14.5. The third-order valence-electron chi connectivity index (χ3n) is 3.53. The maximum Gasteiger partial charge on any atom is 0.190 e. The van der Waals surface area contributed by atoms with E-state index in [2.05, 4.69) is 28.5 Å². The number of rotatable bonds is 3. The van der Waals surface area contributed by atoms with E-state index in [9.17, 15) is 0 Å². The quantitative estimate of drug-likeness (QED) is 0.856. The molecule has 2 N–H and O–H groups in total. The number of benzene rings is 1. The lowest BCUT2D eigenvalue weighted by Crippen LogP contribution is -2.36. The van der Waals surface area contributed by atoms with Crippen LogP contribution in [0.5, 0.6) is 0 Å². The van der Waals surface area contributed by atoms with Crippen LogP contribution in [-0.2, 0) is 0 Å². The van der Waals surface area contributed by atoms with E-state index >= 15 is 0 Å². The van der Waals surface area contributed by atoms with Crippen molar-refractivity contribution >= 4 is 23.0 Å². The van der Waals surface area contributed by atoms with Gasteiger partial charge in [-0.05, 0) is 36.8 Å². The highest BCUT2D eigenvalue weighted by atomic mass is 32.1. The smallest absolute Gasteiger partial charge is 0.190 e. The van der Waals surface area contributed by atoms with Gasteiger partial charge in [0.1, 0.15) is 6.04 Å². The lowest BCUT2D eigenvalue weighted by Gasteiger charge is -2.23. The van der Waals surface area contributed by atoms with Crippen LogP contribution in [0.2, 0.25) is 0 Å². The van der Waals surface area contributed by atoms with Crippen molar-refractivity contribution in [1.29, 1.82) is 0 Å². The highest BCUT2D eigenvalue weighted by molar-refractivity contribution is 7.80. The van der Waals surface area contributed by atoms with Crippen LogP contribution in [0.1, 0.15) is 30.6 Å². The third-order valence-corrected chi connectivity index (χ3v) is 3.87. The van der Waals surface area contributed by atoms with Crippen LogP contribution in [0.25, 0.3) is 0 Å². The van der Waals surface area contributed by atoms with Gasteiger partial charge in [-0.1, -0.05) is 30.3 Å². The molecule has 4 nitrogen and oxygen atoms in total. The zero-order chi connectivity index (χ0) is 14.7. The van der Waals surface area contributed by atoms with Crippen LogP contribution in [0.4, 0.5) is 0 Å².